The molecule has 0 N–H and O–H groups in total. The van der Waals surface area contributed by atoms with Crippen LogP contribution >= 0.6 is 0 Å². The van der Waals surface area contributed by atoms with Crippen molar-refractivity contribution in [2.45, 2.75) is 32.9 Å². The van der Waals surface area contributed by atoms with Crippen LogP contribution in [-0.2, 0) is 10.8 Å². The summed E-state index contributed by atoms with van der Waals surface area (Å²) in [5, 5.41) is -0.0736. The van der Waals surface area contributed by atoms with Gasteiger partial charge >= 0.3 is 0 Å². The summed E-state index contributed by atoms with van der Waals surface area (Å²) in [5.74, 6) is 2.41. The highest BCUT2D eigenvalue weighted by molar-refractivity contribution is 7.85. The number of aryl methyl sites for hydroxylation is 1. The highest BCUT2D eigenvalue weighted by atomic mass is 32.2. The molecule has 19 heavy (non-hydrogen) atoms. The normalized spacial score (nSPS) is 14.3. The summed E-state index contributed by atoms with van der Waals surface area (Å²) in [6.45, 7) is 8.10. The molecule has 4 heteroatoms. The molecule has 108 valence electrons. The minimum atomic E-state index is -0.936. The second kappa shape index (κ2) is 6.94. The Hall–Kier alpha value is -1.03. The minimum Gasteiger partial charge on any atom is -0.496 e. The molecular formula is C15H24O3S. The Bertz CT molecular complexity index is 430. The van der Waals surface area contributed by atoms with E-state index in [0.29, 0.717) is 5.75 Å². The molecule has 0 aliphatic carbocycles. The van der Waals surface area contributed by atoms with E-state index in [0.717, 1.165) is 22.6 Å². The predicted molar refractivity (Wildman–Crippen MR) is 80.5 cm³/mol. The van der Waals surface area contributed by atoms with Crippen molar-refractivity contribution in [1.29, 1.82) is 0 Å². The van der Waals surface area contributed by atoms with Crippen molar-refractivity contribution in [3.8, 4) is 11.5 Å². The highest BCUT2D eigenvalue weighted by Gasteiger charge is 2.28. The smallest absolute Gasteiger partial charge is 0.127 e. The van der Waals surface area contributed by atoms with Gasteiger partial charge in [0.15, 0.2) is 0 Å². The van der Waals surface area contributed by atoms with Gasteiger partial charge in [0.05, 0.1) is 25.0 Å². The second-order valence-corrected chi connectivity index (χ2v) is 6.76. The average molecular weight is 284 g/mol. The van der Waals surface area contributed by atoms with E-state index in [2.05, 4.69) is 13.8 Å². The lowest BCUT2D eigenvalue weighted by atomic mass is 9.98. The Morgan fingerprint density at radius 2 is 1.63 bits per heavy atom. The molecule has 0 aliphatic heterocycles. The van der Waals surface area contributed by atoms with Crippen LogP contribution in [0.3, 0.4) is 0 Å². The molecule has 1 rings (SSSR count). The second-order valence-electron chi connectivity index (χ2n) is 4.92. The SMILES string of the molecule is CCS(=O)C(c1c(OC)cc(C)cc1OC)C(C)C. The zero-order valence-corrected chi connectivity index (χ0v) is 13.5. The molecule has 0 saturated carbocycles. The van der Waals surface area contributed by atoms with E-state index < -0.39 is 10.8 Å². The summed E-state index contributed by atoms with van der Waals surface area (Å²) < 4.78 is 23.3. The Kier molecular flexibility index (Phi) is 5.85. The first-order valence-electron chi connectivity index (χ1n) is 6.55. The van der Waals surface area contributed by atoms with E-state index in [-0.39, 0.29) is 11.2 Å². The maximum atomic E-state index is 12.4. The van der Waals surface area contributed by atoms with E-state index in [1.165, 1.54) is 0 Å². The summed E-state index contributed by atoms with van der Waals surface area (Å²) in [5.41, 5.74) is 1.99. The molecule has 2 unspecified atom stereocenters. The van der Waals surface area contributed by atoms with Crippen molar-refractivity contribution < 1.29 is 13.7 Å². The number of hydrogen-bond acceptors (Lipinski definition) is 3. The maximum absolute atomic E-state index is 12.4. The van der Waals surface area contributed by atoms with Crippen molar-refractivity contribution in [2.75, 3.05) is 20.0 Å². The Labute approximate surface area is 118 Å². The summed E-state index contributed by atoms with van der Waals surface area (Å²) in [7, 11) is 2.35. The number of benzene rings is 1. The molecular weight excluding hydrogens is 260 g/mol. The number of ether oxygens (including phenoxy) is 2. The van der Waals surface area contributed by atoms with Crippen molar-refractivity contribution in [2.24, 2.45) is 5.92 Å². The summed E-state index contributed by atoms with van der Waals surface area (Å²) in [4.78, 5) is 0. The van der Waals surface area contributed by atoms with E-state index in [1.54, 1.807) is 14.2 Å². The Balaban J connectivity index is 3.47. The van der Waals surface area contributed by atoms with Crippen LogP contribution in [0.2, 0.25) is 0 Å². The maximum Gasteiger partial charge on any atom is 0.127 e. The van der Waals surface area contributed by atoms with Crippen molar-refractivity contribution in [1.82, 2.24) is 0 Å². The molecule has 0 aliphatic rings. The largest absolute Gasteiger partial charge is 0.496 e. The van der Waals surface area contributed by atoms with Crippen LogP contribution < -0.4 is 9.47 Å². The molecule has 0 fully saturated rings. The van der Waals surface area contributed by atoms with Gasteiger partial charge < -0.3 is 9.47 Å². The fourth-order valence-corrected chi connectivity index (χ4v) is 3.76. The molecule has 0 spiro atoms. The van der Waals surface area contributed by atoms with Gasteiger partial charge in [0.1, 0.15) is 11.5 Å². The molecule has 0 radical (unpaired) electrons. The molecule has 0 aromatic heterocycles. The molecule has 0 amide bonds. The highest BCUT2D eigenvalue weighted by Crippen LogP contribution is 2.41. The Morgan fingerprint density at radius 1 is 1.16 bits per heavy atom. The van der Waals surface area contributed by atoms with Gasteiger partial charge in [-0.05, 0) is 30.5 Å². The first kappa shape index (κ1) is 16.0. The lowest BCUT2D eigenvalue weighted by molar-refractivity contribution is 0.378. The fraction of sp³-hybridized carbons (Fsp3) is 0.600. The molecule has 0 heterocycles. The van der Waals surface area contributed by atoms with Crippen LogP contribution in [0.4, 0.5) is 0 Å². The molecule has 1 aromatic carbocycles. The van der Waals surface area contributed by atoms with Gasteiger partial charge in [0, 0.05) is 16.6 Å². The van der Waals surface area contributed by atoms with E-state index in [9.17, 15) is 4.21 Å². The minimum absolute atomic E-state index is 0.0736. The first-order valence-corrected chi connectivity index (χ1v) is 7.94. The van der Waals surface area contributed by atoms with E-state index in [1.807, 2.05) is 26.0 Å². The average Bonchev–Trinajstić information content (AvgIpc) is 2.39. The number of methoxy groups -OCH3 is 2. The van der Waals surface area contributed by atoms with Crippen LogP contribution in [0.15, 0.2) is 12.1 Å². The van der Waals surface area contributed by atoms with Gasteiger partial charge in [0.2, 0.25) is 0 Å². The molecule has 0 bridgehead atoms. The monoisotopic (exact) mass is 284 g/mol. The number of hydrogen-bond donors (Lipinski definition) is 0. The van der Waals surface area contributed by atoms with Gasteiger partial charge in [-0.3, -0.25) is 4.21 Å². The molecule has 1 aromatic rings. The standard InChI is InChI=1S/C15H24O3S/c1-7-19(16)15(10(2)3)14-12(17-5)8-11(4)9-13(14)18-6/h8-10,15H,7H2,1-6H3. The lowest BCUT2D eigenvalue weighted by Crippen LogP contribution is -2.17. The molecule has 0 saturated heterocycles. The van der Waals surface area contributed by atoms with Gasteiger partial charge in [-0.25, -0.2) is 0 Å². The summed E-state index contributed by atoms with van der Waals surface area (Å²) >= 11 is 0. The van der Waals surface area contributed by atoms with Crippen molar-refractivity contribution in [3.05, 3.63) is 23.3 Å². The fourth-order valence-electron chi connectivity index (χ4n) is 2.30. The van der Waals surface area contributed by atoms with Crippen LogP contribution in [0.1, 0.15) is 37.1 Å². The Morgan fingerprint density at radius 3 is 1.95 bits per heavy atom. The van der Waals surface area contributed by atoms with E-state index in [4.69, 9.17) is 9.47 Å². The summed E-state index contributed by atoms with van der Waals surface area (Å²) in [6, 6.07) is 3.94. The van der Waals surface area contributed by atoms with Crippen LogP contribution in [0, 0.1) is 12.8 Å². The van der Waals surface area contributed by atoms with Crippen LogP contribution in [0.5, 0.6) is 11.5 Å². The lowest BCUT2D eigenvalue weighted by Gasteiger charge is -2.25. The van der Waals surface area contributed by atoms with Gasteiger partial charge in [-0.15, -0.1) is 0 Å². The van der Waals surface area contributed by atoms with Crippen LogP contribution in [-0.4, -0.2) is 24.2 Å². The zero-order chi connectivity index (χ0) is 14.6. The van der Waals surface area contributed by atoms with Gasteiger partial charge in [-0.2, -0.15) is 0 Å². The third-order valence-electron chi connectivity index (χ3n) is 3.15. The third kappa shape index (κ3) is 3.50. The van der Waals surface area contributed by atoms with Crippen molar-refractivity contribution in [3.63, 3.8) is 0 Å². The quantitative estimate of drug-likeness (QED) is 0.802. The van der Waals surface area contributed by atoms with Crippen molar-refractivity contribution >= 4 is 10.8 Å². The van der Waals surface area contributed by atoms with Crippen LogP contribution in [0.25, 0.3) is 0 Å². The topological polar surface area (TPSA) is 35.5 Å². The summed E-state index contributed by atoms with van der Waals surface area (Å²) in [6.07, 6.45) is 0. The van der Waals surface area contributed by atoms with Gasteiger partial charge in [-0.1, -0.05) is 20.8 Å². The van der Waals surface area contributed by atoms with Gasteiger partial charge in [0.25, 0.3) is 0 Å². The number of rotatable bonds is 6. The molecule has 2 atom stereocenters. The van der Waals surface area contributed by atoms with E-state index >= 15 is 0 Å². The predicted octanol–water partition coefficient (Wildman–Crippen LogP) is 3.48. The molecule has 3 nitrogen and oxygen atoms in total. The first-order chi connectivity index (χ1) is 8.96. The third-order valence-corrected chi connectivity index (χ3v) is 5.06. The zero-order valence-electron chi connectivity index (χ0n) is 12.6.